The van der Waals surface area contributed by atoms with Crippen LogP contribution in [0.25, 0.3) is 0 Å². The number of alkyl carbamates (subject to hydrolysis) is 1. The van der Waals surface area contributed by atoms with E-state index in [1.165, 1.54) is 0 Å². The van der Waals surface area contributed by atoms with Gasteiger partial charge < -0.3 is 15.2 Å². The first kappa shape index (κ1) is 21.8. The highest BCUT2D eigenvalue weighted by Gasteiger charge is 2.22. The Hall–Kier alpha value is -3.47. The molecular weight excluding hydrogens is 404 g/mol. The Kier molecular flexibility index (Phi) is 7.26. The molecule has 10 nitrogen and oxygen atoms in total. The summed E-state index contributed by atoms with van der Waals surface area (Å²) in [6, 6.07) is 11.7. The van der Waals surface area contributed by atoms with Crippen molar-refractivity contribution in [3.05, 3.63) is 70.3 Å². The molecule has 2 aromatic carbocycles. The molecule has 0 heterocycles. The normalized spacial score (nSPS) is 12.0. The van der Waals surface area contributed by atoms with Crippen molar-refractivity contribution in [2.24, 2.45) is 0 Å². The maximum absolute atomic E-state index is 12.2. The summed E-state index contributed by atoms with van der Waals surface area (Å²) in [4.78, 5) is 32.9. The number of sulfone groups is 1. The number of amides is 1. The minimum atomic E-state index is -3.84. The molecule has 0 aliphatic rings. The first-order chi connectivity index (χ1) is 13.7. The van der Waals surface area contributed by atoms with Crippen molar-refractivity contribution in [3.8, 4) is 0 Å². The topological polar surface area (TPSA) is 153 Å². The maximum atomic E-state index is 12.2. The van der Waals surface area contributed by atoms with E-state index in [1.54, 1.807) is 30.3 Å². The van der Waals surface area contributed by atoms with Gasteiger partial charge in [0.15, 0.2) is 9.84 Å². The van der Waals surface area contributed by atoms with Crippen molar-refractivity contribution >= 4 is 27.6 Å². The lowest BCUT2D eigenvalue weighted by atomic mass is 10.1. The van der Waals surface area contributed by atoms with Crippen LogP contribution in [0.5, 0.6) is 0 Å². The number of carbonyl (C=O) groups is 2. The quantitative estimate of drug-likeness (QED) is 0.458. The number of non-ortho nitro benzene ring substituents is 1. The lowest BCUT2D eigenvalue weighted by Gasteiger charge is -2.14. The van der Waals surface area contributed by atoms with Crippen LogP contribution in [0.2, 0.25) is 0 Å². The molecule has 0 spiro atoms. The van der Waals surface area contributed by atoms with Crippen LogP contribution in [0, 0.1) is 10.1 Å². The second-order valence-corrected chi connectivity index (χ2v) is 8.04. The number of nitro benzene ring substituents is 1. The third kappa shape index (κ3) is 6.57. The highest BCUT2D eigenvalue weighted by atomic mass is 32.2. The first-order valence-electron chi connectivity index (χ1n) is 8.36. The van der Waals surface area contributed by atoms with E-state index in [0.29, 0.717) is 5.56 Å². The smallest absolute Gasteiger partial charge is 0.407 e. The van der Waals surface area contributed by atoms with Gasteiger partial charge in [-0.1, -0.05) is 30.3 Å². The van der Waals surface area contributed by atoms with Crippen molar-refractivity contribution in [2.45, 2.75) is 17.4 Å². The summed E-state index contributed by atoms with van der Waals surface area (Å²) in [5.41, 5.74) is 0.443. The van der Waals surface area contributed by atoms with Gasteiger partial charge in [-0.2, -0.15) is 0 Å². The van der Waals surface area contributed by atoms with E-state index >= 15 is 0 Å². The zero-order valence-corrected chi connectivity index (χ0v) is 15.9. The van der Waals surface area contributed by atoms with Crippen LogP contribution in [0.3, 0.4) is 0 Å². The van der Waals surface area contributed by atoms with Crippen molar-refractivity contribution in [2.75, 3.05) is 12.4 Å². The van der Waals surface area contributed by atoms with Crippen LogP contribution in [0.4, 0.5) is 10.5 Å². The van der Waals surface area contributed by atoms with E-state index in [1.807, 2.05) is 0 Å². The number of carbonyl (C=O) groups excluding carboxylic acids is 1. The lowest BCUT2D eigenvalue weighted by Crippen LogP contribution is -2.42. The number of ether oxygens (including phenoxy) is 1. The van der Waals surface area contributed by atoms with Crippen LogP contribution in [0.15, 0.2) is 59.5 Å². The highest BCUT2D eigenvalue weighted by Crippen LogP contribution is 2.17. The number of carboxylic acid groups (broad SMARTS) is 1. The summed E-state index contributed by atoms with van der Waals surface area (Å²) in [6.45, 7) is -0.511. The predicted molar refractivity (Wildman–Crippen MR) is 101 cm³/mol. The van der Waals surface area contributed by atoms with Crippen molar-refractivity contribution in [3.63, 3.8) is 0 Å². The van der Waals surface area contributed by atoms with E-state index in [0.717, 1.165) is 24.3 Å². The fraction of sp³-hybridized carbons (Fsp3) is 0.222. The first-order valence-corrected chi connectivity index (χ1v) is 10.0. The van der Waals surface area contributed by atoms with Gasteiger partial charge in [-0.25, -0.2) is 18.0 Å². The molecule has 0 radical (unpaired) electrons. The van der Waals surface area contributed by atoms with E-state index in [2.05, 4.69) is 5.32 Å². The summed E-state index contributed by atoms with van der Waals surface area (Å²) in [5.74, 6) is -1.82. The van der Waals surface area contributed by atoms with E-state index in [9.17, 15) is 33.2 Å². The molecule has 0 fully saturated rings. The Labute approximate surface area is 166 Å². The van der Waals surface area contributed by atoms with Crippen LogP contribution >= 0.6 is 0 Å². The Morgan fingerprint density at radius 1 is 1.10 bits per heavy atom. The van der Waals surface area contributed by atoms with Crippen LogP contribution in [-0.2, 0) is 25.8 Å². The Morgan fingerprint density at radius 3 is 2.28 bits per heavy atom. The summed E-state index contributed by atoms with van der Waals surface area (Å²) in [6.07, 6.45) is -1.03. The molecule has 0 aromatic heterocycles. The van der Waals surface area contributed by atoms with Crippen molar-refractivity contribution < 1.29 is 32.8 Å². The number of aliphatic carboxylic acids is 1. The molecule has 0 saturated carbocycles. The molecule has 2 rings (SSSR count). The average Bonchev–Trinajstić information content (AvgIpc) is 2.68. The molecule has 1 amide bonds. The molecule has 154 valence electrons. The lowest BCUT2D eigenvalue weighted by molar-refractivity contribution is -0.384. The number of rotatable bonds is 9. The van der Waals surface area contributed by atoms with E-state index in [4.69, 9.17) is 4.74 Å². The maximum Gasteiger partial charge on any atom is 0.407 e. The van der Waals surface area contributed by atoms with Gasteiger partial charge in [0.05, 0.1) is 15.6 Å². The minimum absolute atomic E-state index is 0.0341. The third-order valence-corrected chi connectivity index (χ3v) is 5.56. The molecule has 2 aromatic rings. The van der Waals surface area contributed by atoms with Gasteiger partial charge in [-0.05, 0) is 17.7 Å². The Balaban J connectivity index is 1.88. The van der Waals surface area contributed by atoms with Gasteiger partial charge in [0.1, 0.15) is 12.6 Å². The summed E-state index contributed by atoms with van der Waals surface area (Å²) in [5, 5.41) is 22.0. The predicted octanol–water partition coefficient (Wildman–Crippen LogP) is 1.79. The van der Waals surface area contributed by atoms with Gasteiger partial charge in [0, 0.05) is 18.6 Å². The largest absolute Gasteiger partial charge is 0.480 e. The van der Waals surface area contributed by atoms with Crippen molar-refractivity contribution in [1.29, 1.82) is 0 Å². The Morgan fingerprint density at radius 2 is 1.72 bits per heavy atom. The zero-order valence-electron chi connectivity index (χ0n) is 15.1. The van der Waals surface area contributed by atoms with Crippen LogP contribution in [-0.4, -0.2) is 48.9 Å². The molecule has 11 heteroatoms. The molecule has 29 heavy (non-hydrogen) atoms. The minimum Gasteiger partial charge on any atom is -0.480 e. The Bertz CT molecular complexity index is 975. The number of nitrogens with one attached hydrogen (secondary N) is 1. The molecule has 0 unspecified atom stereocenters. The average molecular weight is 422 g/mol. The second-order valence-electron chi connectivity index (χ2n) is 5.93. The molecule has 0 aliphatic heterocycles. The fourth-order valence-corrected chi connectivity index (χ4v) is 3.46. The number of nitrogens with zero attached hydrogens (tertiary/aromatic N) is 1. The standard InChI is InChI=1S/C18H18N2O8S/c21-17(22)16(12-13-4-2-1-3-5-13)19-18(23)28-10-11-29(26,27)15-8-6-14(7-9-15)20(24)25/h1-9,16H,10-12H2,(H,19,23)(H,21,22)/t16-/m0/s1. The number of benzene rings is 2. The zero-order chi connectivity index (χ0) is 21.4. The van der Waals surface area contributed by atoms with Crippen LogP contribution < -0.4 is 5.32 Å². The fourth-order valence-electron chi connectivity index (χ4n) is 2.37. The SMILES string of the molecule is O=C(N[C@@H](Cc1ccccc1)C(=O)O)OCCS(=O)(=O)c1ccc([N+](=O)[O-])cc1. The molecule has 2 N–H and O–H groups in total. The summed E-state index contributed by atoms with van der Waals surface area (Å²) in [7, 11) is -3.84. The van der Waals surface area contributed by atoms with Gasteiger partial charge in [-0.3, -0.25) is 10.1 Å². The highest BCUT2D eigenvalue weighted by molar-refractivity contribution is 7.91. The van der Waals surface area contributed by atoms with Gasteiger partial charge >= 0.3 is 12.1 Å². The number of nitro groups is 1. The van der Waals surface area contributed by atoms with E-state index < -0.39 is 45.2 Å². The summed E-state index contributed by atoms with van der Waals surface area (Å²) >= 11 is 0. The number of carboxylic acids is 1. The van der Waals surface area contributed by atoms with Crippen molar-refractivity contribution in [1.82, 2.24) is 5.32 Å². The molecule has 0 aliphatic carbocycles. The molecule has 1 atom stereocenters. The monoisotopic (exact) mass is 422 g/mol. The van der Waals surface area contributed by atoms with Gasteiger partial charge in [0.25, 0.3) is 5.69 Å². The molecule has 0 saturated heterocycles. The molecule has 0 bridgehead atoms. The van der Waals surface area contributed by atoms with E-state index in [-0.39, 0.29) is 17.0 Å². The third-order valence-electron chi connectivity index (χ3n) is 3.86. The van der Waals surface area contributed by atoms with Crippen LogP contribution in [0.1, 0.15) is 5.56 Å². The molecular formula is C18H18N2O8S. The van der Waals surface area contributed by atoms with Gasteiger partial charge in [0.2, 0.25) is 0 Å². The second kappa shape index (κ2) is 9.64. The number of hydrogen-bond acceptors (Lipinski definition) is 7. The number of hydrogen-bond donors (Lipinski definition) is 2. The summed E-state index contributed by atoms with van der Waals surface area (Å²) < 4.78 is 29.2. The van der Waals surface area contributed by atoms with Gasteiger partial charge in [-0.15, -0.1) is 0 Å².